The minimum absolute atomic E-state index is 0.000672. The highest BCUT2D eigenvalue weighted by atomic mass is 35.5. The van der Waals surface area contributed by atoms with Crippen LogP contribution in [0.4, 0.5) is 13.2 Å². The molecule has 0 bridgehead atoms. The minimum atomic E-state index is -4.53. The lowest BCUT2D eigenvalue weighted by molar-refractivity contribution is -0.137. The fraction of sp³-hybridized carbons (Fsp3) is 0.152. The molecule has 0 amide bonds. The highest BCUT2D eigenvalue weighted by molar-refractivity contribution is 7.18. The van der Waals surface area contributed by atoms with Gasteiger partial charge < -0.3 is 9.84 Å². The number of rotatable bonds is 7. The smallest absolute Gasteiger partial charge is 0.416 e. The third-order valence-electron chi connectivity index (χ3n) is 7.47. The Hall–Kier alpha value is -5.32. The molecule has 236 valence electrons. The van der Waals surface area contributed by atoms with Crippen molar-refractivity contribution in [3.8, 4) is 34.2 Å². The molecule has 47 heavy (non-hydrogen) atoms. The lowest BCUT2D eigenvalue weighted by Crippen LogP contribution is -2.27. The lowest BCUT2D eigenvalue weighted by atomic mass is 10.0. The average molecular weight is 676 g/mol. The van der Waals surface area contributed by atoms with Gasteiger partial charge in [0, 0.05) is 32.8 Å². The van der Waals surface area contributed by atoms with Crippen LogP contribution in [-0.4, -0.2) is 37.2 Å². The monoisotopic (exact) mass is 675 g/mol. The summed E-state index contributed by atoms with van der Waals surface area (Å²) in [4.78, 5) is 38.7. The van der Waals surface area contributed by atoms with E-state index in [1.807, 2.05) is 12.1 Å². The van der Waals surface area contributed by atoms with Crippen LogP contribution in [0.5, 0.6) is 5.75 Å². The summed E-state index contributed by atoms with van der Waals surface area (Å²) in [6.07, 6.45) is -3.22. The van der Waals surface area contributed by atoms with Crippen molar-refractivity contribution in [2.24, 2.45) is 0 Å². The number of pyridine rings is 2. The molecule has 0 aliphatic rings. The molecule has 0 fully saturated rings. The Kier molecular flexibility index (Phi) is 8.17. The number of nitrogens with zero attached hydrogens (tertiary/aromatic N) is 5. The molecule has 0 saturated carbocycles. The van der Waals surface area contributed by atoms with E-state index in [1.54, 1.807) is 32.0 Å². The summed E-state index contributed by atoms with van der Waals surface area (Å²) in [5.41, 5.74) is 1.30. The topological polar surface area (TPSA) is 131 Å². The largest absolute Gasteiger partial charge is 0.491 e. The number of aryl methyl sites for hydroxylation is 2. The van der Waals surface area contributed by atoms with Crippen molar-refractivity contribution in [2.75, 3.05) is 6.61 Å². The molecule has 0 radical (unpaired) electrons. The number of aromatic nitrogens is 4. The van der Waals surface area contributed by atoms with E-state index in [0.717, 1.165) is 12.1 Å². The predicted molar refractivity (Wildman–Crippen MR) is 171 cm³/mol. The highest BCUT2D eigenvalue weighted by Crippen LogP contribution is 2.40. The number of benzene rings is 2. The van der Waals surface area contributed by atoms with E-state index in [1.165, 1.54) is 39.6 Å². The van der Waals surface area contributed by atoms with Crippen LogP contribution >= 0.6 is 22.9 Å². The van der Waals surface area contributed by atoms with Gasteiger partial charge in [0.2, 0.25) is 0 Å². The highest BCUT2D eigenvalue weighted by Gasteiger charge is 2.30. The normalized spacial score (nSPS) is 11.6. The van der Waals surface area contributed by atoms with Crippen LogP contribution in [0.15, 0.2) is 64.9 Å². The van der Waals surface area contributed by atoms with E-state index in [4.69, 9.17) is 16.3 Å². The van der Waals surface area contributed by atoms with Gasteiger partial charge in [-0.15, -0.1) is 11.3 Å². The van der Waals surface area contributed by atoms with Gasteiger partial charge in [-0.05, 0) is 50.2 Å². The molecular formula is C33H21ClF3N5O4S. The van der Waals surface area contributed by atoms with Crippen LogP contribution < -0.4 is 10.3 Å². The molecule has 4 aromatic heterocycles. The fourth-order valence-corrected chi connectivity index (χ4v) is 6.48. The quantitative estimate of drug-likeness (QED) is 0.182. The Morgan fingerprint density at radius 1 is 1.11 bits per heavy atom. The number of halogens is 4. The first-order valence-corrected chi connectivity index (χ1v) is 15.2. The first-order valence-electron chi connectivity index (χ1n) is 13.9. The molecule has 2 aromatic carbocycles. The van der Waals surface area contributed by atoms with E-state index >= 15 is 0 Å². The Morgan fingerprint density at radius 3 is 2.53 bits per heavy atom. The van der Waals surface area contributed by atoms with Crippen molar-refractivity contribution >= 4 is 50.0 Å². The van der Waals surface area contributed by atoms with Crippen molar-refractivity contribution in [1.82, 2.24) is 19.5 Å². The summed E-state index contributed by atoms with van der Waals surface area (Å²) in [5, 5.41) is 21.6. The molecule has 14 heteroatoms. The Bertz CT molecular complexity index is 2330. The molecule has 0 spiro atoms. The first kappa shape index (κ1) is 31.7. The van der Waals surface area contributed by atoms with E-state index in [0.29, 0.717) is 43.6 Å². The van der Waals surface area contributed by atoms with Gasteiger partial charge in [-0.3, -0.25) is 19.3 Å². The molecule has 1 N–H and O–H groups in total. The molecule has 6 aromatic rings. The zero-order valence-electron chi connectivity index (χ0n) is 24.5. The summed E-state index contributed by atoms with van der Waals surface area (Å²) >= 11 is 7.60. The van der Waals surface area contributed by atoms with E-state index in [2.05, 4.69) is 15.0 Å². The van der Waals surface area contributed by atoms with Gasteiger partial charge in [0.1, 0.15) is 24.3 Å². The number of carboxylic acids is 1. The van der Waals surface area contributed by atoms with Gasteiger partial charge in [-0.25, -0.2) is 9.78 Å². The maximum Gasteiger partial charge on any atom is 0.416 e. The second kappa shape index (κ2) is 12.1. The SMILES string of the molecule is Cc1cc(-c2cc(Cl)ccc2OCCn2c(C)nc3cnc(-c4ccc(C(F)(F)F)cc4)c(C#N)c3c2=O)c2scc(C(=O)O)c2n1. The molecule has 9 nitrogen and oxygen atoms in total. The Labute approximate surface area is 273 Å². The number of alkyl halides is 3. The molecule has 0 aliphatic carbocycles. The molecule has 6 rings (SSSR count). The van der Waals surface area contributed by atoms with Gasteiger partial charge >= 0.3 is 12.1 Å². The summed E-state index contributed by atoms with van der Waals surface area (Å²) in [6, 6.07) is 13.0. The molecule has 0 atom stereocenters. The molecule has 0 saturated heterocycles. The van der Waals surface area contributed by atoms with E-state index in [-0.39, 0.29) is 46.4 Å². The number of ether oxygens (including phenoxy) is 1. The molecular weight excluding hydrogens is 655 g/mol. The zero-order valence-corrected chi connectivity index (χ0v) is 26.1. The van der Waals surface area contributed by atoms with Crippen molar-refractivity contribution in [2.45, 2.75) is 26.6 Å². The van der Waals surface area contributed by atoms with Crippen molar-refractivity contribution in [3.05, 3.63) is 104 Å². The van der Waals surface area contributed by atoms with Crippen molar-refractivity contribution in [1.29, 1.82) is 5.26 Å². The fourth-order valence-electron chi connectivity index (χ4n) is 5.30. The number of thiophene rings is 1. The van der Waals surface area contributed by atoms with Gasteiger partial charge in [-0.2, -0.15) is 18.4 Å². The summed E-state index contributed by atoms with van der Waals surface area (Å²) in [6.45, 7) is 3.41. The number of aromatic carboxylic acids is 1. The van der Waals surface area contributed by atoms with Crippen molar-refractivity contribution in [3.63, 3.8) is 0 Å². The third-order valence-corrected chi connectivity index (χ3v) is 8.71. The van der Waals surface area contributed by atoms with Crippen LogP contribution in [0.25, 0.3) is 43.5 Å². The van der Waals surface area contributed by atoms with Gasteiger partial charge in [0.15, 0.2) is 0 Å². The first-order chi connectivity index (χ1) is 22.4. The average Bonchev–Trinajstić information content (AvgIpc) is 3.46. The van der Waals surface area contributed by atoms with Gasteiger partial charge in [0.25, 0.3) is 5.56 Å². The lowest BCUT2D eigenvalue weighted by Gasteiger charge is -2.16. The maximum absolute atomic E-state index is 13.8. The molecule has 0 aliphatic heterocycles. The minimum Gasteiger partial charge on any atom is -0.491 e. The van der Waals surface area contributed by atoms with Crippen LogP contribution in [0.3, 0.4) is 0 Å². The van der Waals surface area contributed by atoms with Crippen LogP contribution in [-0.2, 0) is 12.7 Å². The maximum atomic E-state index is 13.8. The summed E-state index contributed by atoms with van der Waals surface area (Å²) < 4.78 is 47.4. The Balaban J connectivity index is 1.35. The second-order valence-electron chi connectivity index (χ2n) is 10.5. The zero-order chi connectivity index (χ0) is 33.6. The number of hydrogen-bond acceptors (Lipinski definition) is 8. The number of fused-ring (bicyclic) bond motifs is 2. The van der Waals surface area contributed by atoms with E-state index in [9.17, 15) is 33.1 Å². The standard InChI is InChI=1S/C33H21ClF3N5O4S/c1-16-11-22(30-29(40-16)24(15-47-30)32(44)45)21-12-20(34)7-8-26(21)46-10-9-42-17(2)41-25-14-39-28(23(13-38)27(25)31(42)43)18-3-5-19(6-4-18)33(35,36)37/h3-8,11-12,14-15H,9-10H2,1-2H3,(H,44,45). The second-order valence-corrected chi connectivity index (χ2v) is 11.8. The van der Waals surface area contributed by atoms with Crippen LogP contribution in [0, 0.1) is 25.2 Å². The summed E-state index contributed by atoms with van der Waals surface area (Å²) in [7, 11) is 0. The van der Waals surface area contributed by atoms with Gasteiger partial charge in [-0.1, -0.05) is 23.7 Å². The molecule has 0 unspecified atom stereocenters. The van der Waals surface area contributed by atoms with Crippen LogP contribution in [0.1, 0.15) is 33.0 Å². The number of hydrogen-bond donors (Lipinski definition) is 1. The number of carboxylic acid groups (broad SMARTS) is 1. The van der Waals surface area contributed by atoms with Gasteiger partial charge in [0.05, 0.1) is 56.2 Å². The van der Waals surface area contributed by atoms with E-state index < -0.39 is 23.3 Å². The number of nitriles is 1. The molecule has 4 heterocycles. The third kappa shape index (κ3) is 5.89. The number of carbonyl (C=O) groups is 1. The summed E-state index contributed by atoms with van der Waals surface area (Å²) in [5.74, 6) is -0.325. The van der Waals surface area contributed by atoms with Crippen molar-refractivity contribution < 1.29 is 27.8 Å². The van der Waals surface area contributed by atoms with Crippen LogP contribution in [0.2, 0.25) is 5.02 Å². The Morgan fingerprint density at radius 2 is 1.85 bits per heavy atom. The predicted octanol–water partition coefficient (Wildman–Crippen LogP) is 7.67.